The summed E-state index contributed by atoms with van der Waals surface area (Å²) >= 11 is 1.40. The molecule has 4 aromatic rings. The van der Waals surface area contributed by atoms with Crippen molar-refractivity contribution in [2.45, 2.75) is 24.1 Å². The summed E-state index contributed by atoms with van der Waals surface area (Å²) in [5.74, 6) is 1.28. The third-order valence-corrected chi connectivity index (χ3v) is 6.36. The molecule has 0 saturated carbocycles. The van der Waals surface area contributed by atoms with Crippen LogP contribution in [-0.4, -0.2) is 26.5 Å². The zero-order valence-corrected chi connectivity index (χ0v) is 18.7. The maximum Gasteiger partial charge on any atom is 0.270 e. The molecule has 0 N–H and O–H groups in total. The van der Waals surface area contributed by atoms with Crippen LogP contribution in [0.4, 0.5) is 10.1 Å². The maximum absolute atomic E-state index is 13.5. The van der Waals surface area contributed by atoms with E-state index in [1.54, 1.807) is 12.1 Å². The van der Waals surface area contributed by atoms with Crippen molar-refractivity contribution in [3.8, 4) is 17.1 Å². The lowest BCUT2D eigenvalue weighted by molar-refractivity contribution is -0.385. The minimum atomic E-state index is -0.423. The molecule has 34 heavy (non-hydrogen) atoms. The Morgan fingerprint density at radius 3 is 2.65 bits per heavy atom. The van der Waals surface area contributed by atoms with Crippen molar-refractivity contribution in [3.63, 3.8) is 0 Å². The lowest BCUT2D eigenvalue weighted by Crippen LogP contribution is -2.13. The minimum absolute atomic E-state index is 0.0128. The van der Waals surface area contributed by atoms with E-state index < -0.39 is 4.92 Å². The van der Waals surface area contributed by atoms with Crippen molar-refractivity contribution >= 4 is 17.4 Å². The number of nitro groups is 1. The zero-order chi connectivity index (χ0) is 23.5. The van der Waals surface area contributed by atoms with Gasteiger partial charge in [-0.2, -0.15) is 0 Å². The lowest BCUT2D eigenvalue weighted by atomic mass is 10.1. The molecule has 0 bridgehead atoms. The van der Waals surface area contributed by atoms with Crippen LogP contribution in [0.3, 0.4) is 0 Å². The third-order valence-electron chi connectivity index (χ3n) is 5.34. The Kier molecular flexibility index (Phi) is 6.24. The standard InChI is InChI=1S/C24H19FN4O4S/c25-20-8-6-17(7-9-20)23-26-27-24(28(23)12-16-4-2-1-3-5-16)34-14-19-11-21(29(30)31)10-18-13-32-15-33-22(18)19/h1-11H,12-15H2. The number of thioether (sulfide) groups is 1. The molecule has 0 aliphatic carbocycles. The Labute approximate surface area is 198 Å². The molecule has 0 unspecified atom stereocenters. The third kappa shape index (κ3) is 4.63. The van der Waals surface area contributed by atoms with Crippen LogP contribution in [0.2, 0.25) is 0 Å². The molecular weight excluding hydrogens is 459 g/mol. The first-order valence-corrected chi connectivity index (χ1v) is 11.4. The fraction of sp³-hybridized carbons (Fsp3) is 0.167. The van der Waals surface area contributed by atoms with Gasteiger partial charge < -0.3 is 9.47 Å². The number of non-ortho nitro benzene ring substituents is 1. The van der Waals surface area contributed by atoms with E-state index in [4.69, 9.17) is 9.47 Å². The topological polar surface area (TPSA) is 92.3 Å². The summed E-state index contributed by atoms with van der Waals surface area (Å²) in [6, 6.07) is 19.0. The van der Waals surface area contributed by atoms with Crippen LogP contribution < -0.4 is 4.74 Å². The van der Waals surface area contributed by atoms with Gasteiger partial charge in [0.1, 0.15) is 11.6 Å². The van der Waals surface area contributed by atoms with Gasteiger partial charge in [0, 0.05) is 34.6 Å². The van der Waals surface area contributed by atoms with E-state index in [2.05, 4.69) is 10.2 Å². The zero-order valence-electron chi connectivity index (χ0n) is 17.9. The number of rotatable bonds is 7. The van der Waals surface area contributed by atoms with E-state index in [9.17, 15) is 14.5 Å². The monoisotopic (exact) mass is 478 g/mol. The highest BCUT2D eigenvalue weighted by molar-refractivity contribution is 7.98. The Hall–Kier alpha value is -3.76. The van der Waals surface area contributed by atoms with Gasteiger partial charge in [0.25, 0.3) is 5.69 Å². The van der Waals surface area contributed by atoms with E-state index >= 15 is 0 Å². The van der Waals surface area contributed by atoms with Crippen molar-refractivity contribution in [3.05, 3.63) is 99.4 Å². The predicted molar refractivity (Wildman–Crippen MR) is 124 cm³/mol. The fourth-order valence-electron chi connectivity index (χ4n) is 3.75. The number of benzene rings is 3. The van der Waals surface area contributed by atoms with Crippen LogP contribution >= 0.6 is 11.8 Å². The molecule has 3 aromatic carbocycles. The second kappa shape index (κ2) is 9.62. The highest BCUT2D eigenvalue weighted by atomic mass is 32.2. The van der Waals surface area contributed by atoms with Crippen molar-refractivity contribution in [1.29, 1.82) is 0 Å². The molecule has 2 heterocycles. The van der Waals surface area contributed by atoms with Crippen LogP contribution in [0.15, 0.2) is 71.9 Å². The second-order valence-corrected chi connectivity index (χ2v) is 8.58. The number of aromatic nitrogens is 3. The molecule has 0 atom stereocenters. The highest BCUT2D eigenvalue weighted by Crippen LogP contribution is 2.36. The first-order chi connectivity index (χ1) is 16.6. The number of hydrogen-bond acceptors (Lipinski definition) is 7. The number of fused-ring (bicyclic) bond motifs is 1. The first-order valence-electron chi connectivity index (χ1n) is 10.4. The molecule has 8 nitrogen and oxygen atoms in total. The molecule has 0 fully saturated rings. The first kappa shape index (κ1) is 22.1. The Morgan fingerprint density at radius 2 is 1.88 bits per heavy atom. The van der Waals surface area contributed by atoms with Crippen LogP contribution in [0.25, 0.3) is 11.4 Å². The summed E-state index contributed by atoms with van der Waals surface area (Å²) in [7, 11) is 0. The van der Waals surface area contributed by atoms with Crippen molar-refractivity contribution in [2.75, 3.05) is 6.79 Å². The van der Waals surface area contributed by atoms with E-state index in [-0.39, 0.29) is 24.9 Å². The van der Waals surface area contributed by atoms with Gasteiger partial charge in [-0.3, -0.25) is 14.7 Å². The van der Waals surface area contributed by atoms with Gasteiger partial charge in [0.2, 0.25) is 0 Å². The summed E-state index contributed by atoms with van der Waals surface area (Å²) < 4.78 is 26.4. The number of halogens is 1. The van der Waals surface area contributed by atoms with Crippen molar-refractivity contribution in [2.24, 2.45) is 0 Å². The second-order valence-electron chi connectivity index (χ2n) is 7.63. The molecule has 1 aromatic heterocycles. The molecule has 0 spiro atoms. The molecule has 5 rings (SSSR count). The highest BCUT2D eigenvalue weighted by Gasteiger charge is 2.22. The van der Waals surface area contributed by atoms with Gasteiger partial charge in [0.15, 0.2) is 17.8 Å². The van der Waals surface area contributed by atoms with E-state index in [0.717, 1.165) is 11.1 Å². The maximum atomic E-state index is 13.5. The van der Waals surface area contributed by atoms with Gasteiger partial charge in [-0.15, -0.1) is 10.2 Å². The van der Waals surface area contributed by atoms with Crippen LogP contribution in [0.5, 0.6) is 5.75 Å². The van der Waals surface area contributed by atoms with E-state index in [1.165, 1.54) is 36.0 Å². The Morgan fingerprint density at radius 1 is 1.09 bits per heavy atom. The summed E-state index contributed by atoms with van der Waals surface area (Å²) in [6.07, 6.45) is 0. The number of hydrogen-bond donors (Lipinski definition) is 0. The van der Waals surface area contributed by atoms with Gasteiger partial charge in [0.05, 0.1) is 18.1 Å². The van der Waals surface area contributed by atoms with Crippen LogP contribution in [-0.2, 0) is 23.6 Å². The smallest absolute Gasteiger partial charge is 0.270 e. The van der Waals surface area contributed by atoms with Crippen molar-refractivity contribution < 1.29 is 18.8 Å². The van der Waals surface area contributed by atoms with Gasteiger partial charge in [-0.05, 0) is 29.8 Å². The molecule has 1 aliphatic heterocycles. The van der Waals surface area contributed by atoms with Crippen molar-refractivity contribution in [1.82, 2.24) is 14.8 Å². The molecular formula is C24H19FN4O4S. The average Bonchev–Trinajstić information content (AvgIpc) is 3.25. The number of ether oxygens (including phenoxy) is 2. The quantitative estimate of drug-likeness (QED) is 0.205. The van der Waals surface area contributed by atoms with Crippen LogP contribution in [0.1, 0.15) is 16.7 Å². The summed E-state index contributed by atoms with van der Waals surface area (Å²) in [5, 5.41) is 20.8. The average molecular weight is 479 g/mol. The summed E-state index contributed by atoms with van der Waals surface area (Å²) in [4.78, 5) is 11.0. The summed E-state index contributed by atoms with van der Waals surface area (Å²) in [5.41, 5.74) is 3.12. The lowest BCUT2D eigenvalue weighted by Gasteiger charge is -2.20. The number of nitro benzene ring substituents is 1. The van der Waals surface area contributed by atoms with Gasteiger partial charge >= 0.3 is 0 Å². The molecule has 10 heteroatoms. The molecule has 1 aliphatic rings. The van der Waals surface area contributed by atoms with E-state index in [1.807, 2.05) is 34.9 Å². The molecule has 0 radical (unpaired) electrons. The fourth-order valence-corrected chi connectivity index (χ4v) is 4.66. The molecule has 0 saturated heterocycles. The van der Waals surface area contributed by atoms with E-state index in [0.29, 0.717) is 40.2 Å². The largest absolute Gasteiger partial charge is 0.467 e. The van der Waals surface area contributed by atoms with Gasteiger partial charge in [-0.25, -0.2) is 4.39 Å². The summed E-state index contributed by atoms with van der Waals surface area (Å²) in [6.45, 7) is 0.870. The number of nitrogens with zero attached hydrogens (tertiary/aromatic N) is 4. The molecule has 172 valence electrons. The molecule has 0 amide bonds. The normalized spacial score (nSPS) is 12.7. The van der Waals surface area contributed by atoms with Gasteiger partial charge in [-0.1, -0.05) is 42.1 Å². The SMILES string of the molecule is O=[N+]([O-])c1cc2c(c(CSc3nnc(-c4ccc(F)cc4)n3Cc3ccccc3)c1)OCOC2. The minimum Gasteiger partial charge on any atom is -0.467 e. The van der Waals surface area contributed by atoms with Crippen LogP contribution in [0, 0.1) is 15.9 Å². The Balaban J connectivity index is 1.49. The Bertz CT molecular complexity index is 1330. The predicted octanol–water partition coefficient (Wildman–Crippen LogP) is 5.20.